The number of hydrogen-bond acceptors (Lipinski definition) is 6. The Morgan fingerprint density at radius 2 is 1.86 bits per heavy atom. The van der Waals surface area contributed by atoms with Gasteiger partial charge < -0.3 is 9.72 Å². The van der Waals surface area contributed by atoms with Gasteiger partial charge >= 0.3 is 5.97 Å². The van der Waals surface area contributed by atoms with E-state index in [0.717, 1.165) is 4.31 Å². The standard InChI is InChI=1S/C20H21N3O5S/c1-12-9-10-14(29(26,27)23(3)4)11-16(12)20(25)28-13(2)18-21-17-8-6-5-7-15(17)19(24)22-18/h5-11,13H,1-4H3,(H,21,22,24)/t13-/m1/s1. The van der Waals surface area contributed by atoms with Crippen LogP contribution in [0, 0.1) is 6.92 Å². The van der Waals surface area contributed by atoms with Crippen LogP contribution in [-0.4, -0.2) is 42.8 Å². The van der Waals surface area contributed by atoms with Crippen molar-refractivity contribution < 1.29 is 17.9 Å². The van der Waals surface area contributed by atoms with Crippen LogP contribution < -0.4 is 5.56 Å². The van der Waals surface area contributed by atoms with Crippen LogP contribution in [0.5, 0.6) is 0 Å². The lowest BCUT2D eigenvalue weighted by Gasteiger charge is -2.16. The molecule has 0 radical (unpaired) electrons. The van der Waals surface area contributed by atoms with Crippen LogP contribution in [0.3, 0.4) is 0 Å². The average Bonchev–Trinajstić information content (AvgIpc) is 2.67. The largest absolute Gasteiger partial charge is 0.451 e. The molecule has 3 rings (SSSR count). The SMILES string of the molecule is Cc1ccc(S(=O)(=O)N(C)C)cc1C(=O)O[C@H](C)c1nc2ccccc2c(=O)[nH]1. The Morgan fingerprint density at radius 3 is 2.55 bits per heavy atom. The maximum Gasteiger partial charge on any atom is 0.339 e. The highest BCUT2D eigenvalue weighted by Gasteiger charge is 2.23. The fraction of sp³-hybridized carbons (Fsp3) is 0.250. The highest BCUT2D eigenvalue weighted by atomic mass is 32.2. The van der Waals surface area contributed by atoms with Crippen molar-refractivity contribution in [3.8, 4) is 0 Å². The zero-order valence-corrected chi connectivity index (χ0v) is 17.3. The maximum absolute atomic E-state index is 12.7. The quantitative estimate of drug-likeness (QED) is 0.641. The Labute approximate surface area is 168 Å². The van der Waals surface area contributed by atoms with Gasteiger partial charge in [0.25, 0.3) is 5.56 Å². The molecule has 0 aliphatic rings. The van der Waals surface area contributed by atoms with Crippen molar-refractivity contribution >= 4 is 26.9 Å². The van der Waals surface area contributed by atoms with Crippen LogP contribution in [0.2, 0.25) is 0 Å². The van der Waals surface area contributed by atoms with Gasteiger partial charge in [-0.1, -0.05) is 18.2 Å². The summed E-state index contributed by atoms with van der Waals surface area (Å²) in [4.78, 5) is 31.9. The Kier molecular flexibility index (Phi) is 5.54. The average molecular weight is 415 g/mol. The molecule has 0 unspecified atom stereocenters. The number of para-hydroxylation sites is 1. The molecule has 3 aromatic rings. The number of sulfonamides is 1. The van der Waals surface area contributed by atoms with Crippen LogP contribution in [0.15, 0.2) is 52.2 Å². The second kappa shape index (κ2) is 7.76. The van der Waals surface area contributed by atoms with E-state index < -0.39 is 22.1 Å². The Balaban J connectivity index is 1.92. The van der Waals surface area contributed by atoms with Gasteiger partial charge in [-0.05, 0) is 43.7 Å². The number of ether oxygens (including phenoxy) is 1. The number of carbonyl (C=O) groups excluding carboxylic acids is 1. The van der Waals surface area contributed by atoms with Crippen molar-refractivity contribution in [3.05, 3.63) is 69.8 Å². The van der Waals surface area contributed by atoms with E-state index in [2.05, 4.69) is 9.97 Å². The third-order valence-electron chi connectivity index (χ3n) is 4.51. The van der Waals surface area contributed by atoms with Gasteiger partial charge in [-0.3, -0.25) is 4.79 Å². The van der Waals surface area contributed by atoms with Gasteiger partial charge in [0.2, 0.25) is 10.0 Å². The number of aromatic amines is 1. The molecule has 0 aliphatic heterocycles. The van der Waals surface area contributed by atoms with Crippen molar-refractivity contribution in [3.63, 3.8) is 0 Å². The summed E-state index contributed by atoms with van der Waals surface area (Å²) in [5.74, 6) is -0.501. The Morgan fingerprint density at radius 1 is 1.17 bits per heavy atom. The van der Waals surface area contributed by atoms with Crippen LogP contribution in [0.4, 0.5) is 0 Å². The number of nitrogens with one attached hydrogen (secondary N) is 1. The summed E-state index contributed by atoms with van der Waals surface area (Å²) in [5.41, 5.74) is 0.857. The highest BCUT2D eigenvalue weighted by Crippen LogP contribution is 2.22. The first-order chi connectivity index (χ1) is 13.6. The molecule has 0 amide bonds. The predicted octanol–water partition coefficient (Wildman–Crippen LogP) is 2.40. The van der Waals surface area contributed by atoms with E-state index in [1.54, 1.807) is 44.2 Å². The molecule has 0 saturated carbocycles. The Bertz CT molecular complexity index is 1250. The van der Waals surface area contributed by atoms with E-state index >= 15 is 0 Å². The molecular formula is C20H21N3O5S. The number of aryl methyl sites for hydroxylation is 1. The topological polar surface area (TPSA) is 109 Å². The van der Waals surface area contributed by atoms with E-state index in [0.29, 0.717) is 16.5 Å². The predicted molar refractivity (Wildman–Crippen MR) is 108 cm³/mol. The number of nitrogens with zero attached hydrogens (tertiary/aromatic N) is 2. The molecule has 0 aliphatic carbocycles. The molecule has 0 fully saturated rings. The molecule has 1 aromatic heterocycles. The second-order valence-electron chi connectivity index (χ2n) is 6.78. The van der Waals surface area contributed by atoms with Gasteiger partial charge in [0.05, 0.1) is 21.4 Å². The molecule has 0 spiro atoms. The summed E-state index contributed by atoms with van der Waals surface area (Å²) < 4.78 is 31.2. The number of benzene rings is 2. The van der Waals surface area contributed by atoms with Gasteiger partial charge in [-0.25, -0.2) is 22.5 Å². The normalized spacial score (nSPS) is 12.9. The third-order valence-corrected chi connectivity index (χ3v) is 6.32. The molecule has 0 saturated heterocycles. The minimum atomic E-state index is -3.69. The summed E-state index contributed by atoms with van der Waals surface area (Å²) in [6.45, 7) is 3.27. The van der Waals surface area contributed by atoms with E-state index in [-0.39, 0.29) is 21.8 Å². The molecular weight excluding hydrogens is 394 g/mol. The van der Waals surface area contributed by atoms with E-state index in [1.807, 2.05) is 0 Å². The van der Waals surface area contributed by atoms with Gasteiger partial charge in [-0.15, -0.1) is 0 Å². The number of aromatic nitrogens is 2. The molecule has 1 heterocycles. The number of esters is 1. The van der Waals surface area contributed by atoms with Crippen molar-refractivity contribution in [2.24, 2.45) is 0 Å². The molecule has 2 aromatic carbocycles. The van der Waals surface area contributed by atoms with Crippen molar-refractivity contribution in [1.82, 2.24) is 14.3 Å². The molecule has 8 nitrogen and oxygen atoms in total. The van der Waals surface area contributed by atoms with E-state index in [9.17, 15) is 18.0 Å². The summed E-state index contributed by atoms with van der Waals surface area (Å²) in [6, 6.07) is 11.1. The maximum atomic E-state index is 12.7. The number of fused-ring (bicyclic) bond motifs is 1. The van der Waals surface area contributed by atoms with Crippen LogP contribution in [-0.2, 0) is 14.8 Å². The first kappa shape index (κ1) is 20.7. The van der Waals surface area contributed by atoms with Crippen molar-refractivity contribution in [1.29, 1.82) is 0 Å². The number of H-pyrrole nitrogens is 1. The van der Waals surface area contributed by atoms with Crippen molar-refractivity contribution in [2.45, 2.75) is 24.8 Å². The zero-order chi connectivity index (χ0) is 21.3. The lowest BCUT2D eigenvalue weighted by atomic mass is 10.1. The van der Waals surface area contributed by atoms with Gasteiger partial charge in [0, 0.05) is 14.1 Å². The molecule has 9 heteroatoms. The number of hydrogen-bond donors (Lipinski definition) is 1. The molecule has 0 bridgehead atoms. The van der Waals surface area contributed by atoms with E-state index in [1.165, 1.54) is 26.2 Å². The van der Waals surface area contributed by atoms with Gasteiger partial charge in [0.15, 0.2) is 11.9 Å². The smallest absolute Gasteiger partial charge is 0.339 e. The first-order valence-electron chi connectivity index (χ1n) is 8.84. The fourth-order valence-electron chi connectivity index (χ4n) is 2.77. The summed E-state index contributed by atoms with van der Waals surface area (Å²) in [7, 11) is -0.867. The lowest BCUT2D eigenvalue weighted by molar-refractivity contribution is 0.0319. The van der Waals surface area contributed by atoms with Gasteiger partial charge in [-0.2, -0.15) is 0 Å². The molecule has 29 heavy (non-hydrogen) atoms. The molecule has 152 valence electrons. The number of rotatable bonds is 5. The highest BCUT2D eigenvalue weighted by molar-refractivity contribution is 7.89. The third kappa shape index (κ3) is 4.06. The lowest BCUT2D eigenvalue weighted by Crippen LogP contribution is -2.23. The van der Waals surface area contributed by atoms with Crippen LogP contribution >= 0.6 is 0 Å². The summed E-state index contributed by atoms with van der Waals surface area (Å²) in [5, 5.41) is 0.437. The van der Waals surface area contributed by atoms with Crippen molar-refractivity contribution in [2.75, 3.05) is 14.1 Å². The minimum Gasteiger partial charge on any atom is -0.451 e. The summed E-state index contributed by atoms with van der Waals surface area (Å²) in [6.07, 6.45) is -0.840. The first-order valence-corrected chi connectivity index (χ1v) is 10.3. The number of carbonyl (C=O) groups is 1. The monoisotopic (exact) mass is 415 g/mol. The summed E-state index contributed by atoms with van der Waals surface area (Å²) >= 11 is 0. The van der Waals surface area contributed by atoms with Gasteiger partial charge in [0.1, 0.15) is 0 Å². The Hall–Kier alpha value is -3.04. The fourth-order valence-corrected chi connectivity index (χ4v) is 3.70. The minimum absolute atomic E-state index is 0.00931. The molecule has 1 N–H and O–H groups in total. The van der Waals surface area contributed by atoms with E-state index in [4.69, 9.17) is 4.74 Å². The van der Waals surface area contributed by atoms with Crippen LogP contribution in [0.1, 0.15) is 34.8 Å². The van der Waals surface area contributed by atoms with Crippen LogP contribution in [0.25, 0.3) is 10.9 Å². The second-order valence-corrected chi connectivity index (χ2v) is 8.93. The zero-order valence-electron chi connectivity index (χ0n) is 16.5. The molecule has 1 atom stereocenters.